The molecule has 0 aliphatic carbocycles. The zero-order chi connectivity index (χ0) is 19.0. The van der Waals surface area contributed by atoms with Crippen LogP contribution in [0.4, 0.5) is 0 Å². The van der Waals surface area contributed by atoms with Crippen molar-refractivity contribution in [2.75, 3.05) is 45.0 Å². The molecule has 0 atom stereocenters. The Morgan fingerprint density at radius 3 is 2.31 bits per heavy atom. The van der Waals surface area contributed by atoms with Crippen molar-refractivity contribution < 1.29 is 13.2 Å². The number of sulfone groups is 1. The highest BCUT2D eigenvalue weighted by atomic mass is 32.2. The van der Waals surface area contributed by atoms with Gasteiger partial charge in [-0.15, -0.1) is 0 Å². The zero-order valence-corrected chi connectivity index (χ0v) is 16.3. The molecule has 26 heavy (non-hydrogen) atoms. The Hall–Kier alpha value is -2.09. The van der Waals surface area contributed by atoms with E-state index in [2.05, 4.69) is 15.2 Å². The molecule has 0 radical (unpaired) electrons. The highest BCUT2D eigenvalue weighted by Crippen LogP contribution is 2.11. The van der Waals surface area contributed by atoms with Crippen LogP contribution in [0.2, 0.25) is 0 Å². The van der Waals surface area contributed by atoms with Gasteiger partial charge in [-0.3, -0.25) is 9.79 Å². The molecule has 1 heterocycles. The SMILES string of the molecule is CCNC(=NCCCS(=O)(=O)c1ccccc1)N1CCN(C(C)=O)CC1. The van der Waals surface area contributed by atoms with Gasteiger partial charge in [0, 0.05) is 46.2 Å². The van der Waals surface area contributed by atoms with Crippen LogP contribution in [-0.4, -0.2) is 75.1 Å². The van der Waals surface area contributed by atoms with Crippen molar-refractivity contribution in [3.63, 3.8) is 0 Å². The minimum Gasteiger partial charge on any atom is -0.357 e. The van der Waals surface area contributed by atoms with Gasteiger partial charge in [-0.1, -0.05) is 18.2 Å². The lowest BCUT2D eigenvalue weighted by atomic mass is 10.3. The van der Waals surface area contributed by atoms with Gasteiger partial charge in [0.1, 0.15) is 0 Å². The molecular weight excluding hydrogens is 352 g/mol. The van der Waals surface area contributed by atoms with E-state index in [1.165, 1.54) is 0 Å². The van der Waals surface area contributed by atoms with E-state index in [0.29, 0.717) is 31.0 Å². The fraction of sp³-hybridized carbons (Fsp3) is 0.556. The molecular formula is C18H28N4O3S. The Morgan fingerprint density at radius 1 is 1.12 bits per heavy atom. The number of rotatable bonds is 6. The predicted octanol–water partition coefficient (Wildman–Crippen LogP) is 0.980. The van der Waals surface area contributed by atoms with E-state index in [0.717, 1.165) is 25.6 Å². The highest BCUT2D eigenvalue weighted by Gasteiger charge is 2.21. The summed E-state index contributed by atoms with van der Waals surface area (Å²) in [4.78, 5) is 20.3. The highest BCUT2D eigenvalue weighted by molar-refractivity contribution is 7.91. The van der Waals surface area contributed by atoms with Crippen LogP contribution in [0.3, 0.4) is 0 Å². The number of carbonyl (C=O) groups is 1. The molecule has 1 saturated heterocycles. The second kappa shape index (κ2) is 9.56. The molecule has 0 unspecified atom stereocenters. The van der Waals surface area contributed by atoms with Crippen molar-refractivity contribution in [3.05, 3.63) is 30.3 Å². The molecule has 1 amide bonds. The third kappa shape index (κ3) is 5.72. The molecule has 0 aromatic heterocycles. The molecule has 1 fully saturated rings. The topological polar surface area (TPSA) is 82.1 Å². The van der Waals surface area contributed by atoms with Crippen molar-refractivity contribution in [1.82, 2.24) is 15.1 Å². The zero-order valence-electron chi connectivity index (χ0n) is 15.5. The van der Waals surface area contributed by atoms with Crippen molar-refractivity contribution in [2.45, 2.75) is 25.2 Å². The summed E-state index contributed by atoms with van der Waals surface area (Å²) in [5.74, 6) is 0.961. The minimum atomic E-state index is -3.26. The number of piperazine rings is 1. The van der Waals surface area contributed by atoms with Crippen LogP contribution in [0.5, 0.6) is 0 Å². The summed E-state index contributed by atoms with van der Waals surface area (Å²) in [6.07, 6.45) is 0.472. The number of benzene rings is 1. The normalized spacial score (nSPS) is 15.8. The van der Waals surface area contributed by atoms with Gasteiger partial charge in [-0.2, -0.15) is 0 Å². The first-order valence-corrected chi connectivity index (χ1v) is 10.7. The quantitative estimate of drug-likeness (QED) is 0.452. The maximum atomic E-state index is 12.3. The van der Waals surface area contributed by atoms with Gasteiger partial charge < -0.3 is 15.1 Å². The van der Waals surface area contributed by atoms with Crippen LogP contribution < -0.4 is 5.32 Å². The van der Waals surface area contributed by atoms with Crippen LogP contribution in [0.1, 0.15) is 20.3 Å². The first-order valence-electron chi connectivity index (χ1n) is 9.00. The van der Waals surface area contributed by atoms with Crippen LogP contribution >= 0.6 is 0 Å². The average molecular weight is 381 g/mol. The van der Waals surface area contributed by atoms with Gasteiger partial charge in [-0.25, -0.2) is 8.42 Å². The number of hydrogen-bond donors (Lipinski definition) is 1. The summed E-state index contributed by atoms with van der Waals surface area (Å²) < 4.78 is 24.6. The largest absolute Gasteiger partial charge is 0.357 e. The summed E-state index contributed by atoms with van der Waals surface area (Å²) in [7, 11) is -3.26. The Morgan fingerprint density at radius 2 is 1.73 bits per heavy atom. The molecule has 1 aliphatic rings. The number of guanidine groups is 1. The molecule has 8 heteroatoms. The van der Waals surface area contributed by atoms with E-state index in [1.54, 1.807) is 37.3 Å². The fourth-order valence-corrected chi connectivity index (χ4v) is 4.16. The monoisotopic (exact) mass is 380 g/mol. The van der Waals surface area contributed by atoms with Gasteiger partial charge >= 0.3 is 0 Å². The number of hydrogen-bond acceptors (Lipinski definition) is 4. The smallest absolute Gasteiger partial charge is 0.219 e. The molecule has 1 aromatic rings. The summed E-state index contributed by atoms with van der Waals surface area (Å²) >= 11 is 0. The van der Waals surface area contributed by atoms with E-state index in [4.69, 9.17) is 0 Å². The van der Waals surface area contributed by atoms with Crippen molar-refractivity contribution in [2.24, 2.45) is 4.99 Å². The van der Waals surface area contributed by atoms with Gasteiger partial charge in [0.25, 0.3) is 0 Å². The lowest BCUT2D eigenvalue weighted by molar-refractivity contribution is -0.130. The number of nitrogens with zero attached hydrogens (tertiary/aromatic N) is 3. The number of amides is 1. The third-order valence-electron chi connectivity index (χ3n) is 4.29. The lowest BCUT2D eigenvalue weighted by Gasteiger charge is -2.36. The van der Waals surface area contributed by atoms with Crippen LogP contribution in [0.25, 0.3) is 0 Å². The van der Waals surface area contributed by atoms with E-state index in [9.17, 15) is 13.2 Å². The second-order valence-electron chi connectivity index (χ2n) is 6.21. The average Bonchev–Trinajstić information content (AvgIpc) is 2.65. The maximum absolute atomic E-state index is 12.3. The van der Waals surface area contributed by atoms with Crippen molar-refractivity contribution in [3.8, 4) is 0 Å². The molecule has 7 nitrogen and oxygen atoms in total. The van der Waals surface area contributed by atoms with Gasteiger partial charge in [0.05, 0.1) is 10.6 Å². The molecule has 1 aliphatic heterocycles. The standard InChI is InChI=1S/C18H28N4O3S/c1-3-19-18(22-13-11-21(12-14-22)16(2)23)20-10-7-15-26(24,25)17-8-5-4-6-9-17/h4-6,8-9H,3,7,10-15H2,1-2H3,(H,19,20). The molecule has 144 valence electrons. The number of nitrogens with one attached hydrogen (secondary N) is 1. The van der Waals surface area contributed by atoms with Crippen LogP contribution in [0.15, 0.2) is 40.2 Å². The van der Waals surface area contributed by atoms with Crippen LogP contribution in [0, 0.1) is 0 Å². The minimum absolute atomic E-state index is 0.0814. The van der Waals surface area contributed by atoms with E-state index < -0.39 is 9.84 Å². The molecule has 2 rings (SSSR count). The number of aliphatic imine (C=N–C) groups is 1. The Kier molecular flexibility index (Phi) is 7.44. The Labute approximate surface area is 156 Å². The molecule has 1 aromatic carbocycles. The molecule has 0 bridgehead atoms. The summed E-state index contributed by atoms with van der Waals surface area (Å²) in [5.41, 5.74) is 0. The molecule has 0 saturated carbocycles. The van der Waals surface area contributed by atoms with Gasteiger partial charge in [-0.05, 0) is 25.5 Å². The number of carbonyl (C=O) groups excluding carboxylic acids is 1. The van der Waals surface area contributed by atoms with Gasteiger partial charge in [0.2, 0.25) is 5.91 Å². The molecule has 1 N–H and O–H groups in total. The van der Waals surface area contributed by atoms with Crippen LogP contribution in [-0.2, 0) is 14.6 Å². The van der Waals surface area contributed by atoms with Gasteiger partial charge in [0.15, 0.2) is 15.8 Å². The third-order valence-corrected chi connectivity index (χ3v) is 6.11. The molecule has 0 spiro atoms. The van der Waals surface area contributed by atoms with E-state index in [1.807, 2.05) is 11.8 Å². The lowest BCUT2D eigenvalue weighted by Crippen LogP contribution is -2.53. The summed E-state index contributed by atoms with van der Waals surface area (Å²) in [5, 5.41) is 3.25. The van der Waals surface area contributed by atoms with Crippen molar-refractivity contribution >= 4 is 21.7 Å². The van der Waals surface area contributed by atoms with E-state index >= 15 is 0 Å². The Bertz CT molecular complexity index is 711. The van der Waals surface area contributed by atoms with Crippen molar-refractivity contribution in [1.29, 1.82) is 0 Å². The second-order valence-corrected chi connectivity index (χ2v) is 8.32. The predicted molar refractivity (Wildman–Crippen MR) is 103 cm³/mol. The van der Waals surface area contributed by atoms with E-state index in [-0.39, 0.29) is 11.7 Å². The maximum Gasteiger partial charge on any atom is 0.219 e. The fourth-order valence-electron chi connectivity index (χ4n) is 2.84. The first kappa shape index (κ1) is 20.2. The Balaban J connectivity index is 1.88. The first-order chi connectivity index (χ1) is 12.4. The summed E-state index contributed by atoms with van der Waals surface area (Å²) in [6, 6.07) is 8.51. The summed E-state index contributed by atoms with van der Waals surface area (Å²) in [6.45, 7) is 7.60.